The molecule has 0 unspecified atom stereocenters. The van der Waals surface area contributed by atoms with E-state index in [1.165, 1.54) is 6.26 Å². The zero-order valence-corrected chi connectivity index (χ0v) is 16.4. The first-order chi connectivity index (χ1) is 10.5. The third kappa shape index (κ3) is 7.32. The standard InChI is InChI=1S/C17H28O5Si/c1-17(2,3)21-16(22-23(6,7)8)12-20-13-9-10-14(18-4)15(11-13)19-5/h9-12H,1-8H3/b16-12+. The van der Waals surface area contributed by atoms with Crippen LogP contribution in [0.15, 0.2) is 30.4 Å². The Labute approximate surface area is 140 Å². The van der Waals surface area contributed by atoms with Crippen LogP contribution in [0.4, 0.5) is 0 Å². The minimum atomic E-state index is -1.81. The van der Waals surface area contributed by atoms with Gasteiger partial charge in [0.15, 0.2) is 17.8 Å². The SMILES string of the molecule is COc1ccc(O/C=C(\OC(C)(C)C)O[Si](C)(C)C)cc1OC. The second-order valence-corrected chi connectivity index (χ2v) is 11.4. The van der Waals surface area contributed by atoms with Crippen molar-refractivity contribution in [1.82, 2.24) is 0 Å². The number of benzene rings is 1. The molecule has 23 heavy (non-hydrogen) atoms. The molecule has 130 valence electrons. The summed E-state index contributed by atoms with van der Waals surface area (Å²) in [6.07, 6.45) is 1.49. The van der Waals surface area contributed by atoms with Gasteiger partial charge in [0, 0.05) is 6.07 Å². The van der Waals surface area contributed by atoms with Gasteiger partial charge in [0.25, 0.3) is 0 Å². The van der Waals surface area contributed by atoms with E-state index in [2.05, 4.69) is 19.6 Å². The molecule has 0 aliphatic carbocycles. The van der Waals surface area contributed by atoms with Gasteiger partial charge in [-0.1, -0.05) is 0 Å². The maximum atomic E-state index is 5.93. The zero-order chi connectivity index (χ0) is 17.7. The monoisotopic (exact) mass is 340 g/mol. The molecule has 1 rings (SSSR count). The third-order valence-electron chi connectivity index (χ3n) is 2.46. The molecule has 0 aliphatic heterocycles. The molecule has 6 heteroatoms. The van der Waals surface area contributed by atoms with E-state index < -0.39 is 8.32 Å². The Morgan fingerprint density at radius 2 is 1.61 bits per heavy atom. The predicted octanol–water partition coefficient (Wildman–Crippen LogP) is 4.55. The smallest absolute Gasteiger partial charge is 0.302 e. The molecule has 0 heterocycles. The quantitative estimate of drug-likeness (QED) is 0.538. The maximum Gasteiger partial charge on any atom is 0.302 e. The molecule has 5 nitrogen and oxygen atoms in total. The van der Waals surface area contributed by atoms with Gasteiger partial charge in [-0.05, 0) is 52.5 Å². The lowest BCUT2D eigenvalue weighted by Gasteiger charge is -2.27. The molecule has 0 atom stereocenters. The van der Waals surface area contributed by atoms with Gasteiger partial charge in [-0.15, -0.1) is 0 Å². The first-order valence-corrected chi connectivity index (χ1v) is 10.9. The molecule has 0 saturated heterocycles. The van der Waals surface area contributed by atoms with Crippen molar-refractivity contribution in [2.24, 2.45) is 0 Å². The summed E-state index contributed by atoms with van der Waals surface area (Å²) in [5.74, 6) is 2.24. The van der Waals surface area contributed by atoms with Crippen LogP contribution >= 0.6 is 0 Å². The topological polar surface area (TPSA) is 46.2 Å². The lowest BCUT2D eigenvalue weighted by molar-refractivity contribution is -0.0132. The Kier molecular flexibility index (Phi) is 6.38. The lowest BCUT2D eigenvalue weighted by atomic mass is 10.2. The average Bonchev–Trinajstić information content (AvgIpc) is 2.41. The zero-order valence-electron chi connectivity index (χ0n) is 15.4. The van der Waals surface area contributed by atoms with Gasteiger partial charge in [-0.2, -0.15) is 0 Å². The van der Waals surface area contributed by atoms with Gasteiger partial charge in [0.1, 0.15) is 11.4 Å². The van der Waals surface area contributed by atoms with E-state index in [1.54, 1.807) is 32.4 Å². The van der Waals surface area contributed by atoms with E-state index in [0.717, 1.165) is 0 Å². The molecular weight excluding hydrogens is 312 g/mol. The van der Waals surface area contributed by atoms with E-state index >= 15 is 0 Å². The maximum absolute atomic E-state index is 5.93. The van der Waals surface area contributed by atoms with Crippen molar-refractivity contribution in [3.63, 3.8) is 0 Å². The number of hydrogen-bond acceptors (Lipinski definition) is 5. The fourth-order valence-corrected chi connectivity index (χ4v) is 2.37. The van der Waals surface area contributed by atoms with Gasteiger partial charge in [0.2, 0.25) is 8.32 Å². The van der Waals surface area contributed by atoms with Crippen LogP contribution in [0.3, 0.4) is 0 Å². The van der Waals surface area contributed by atoms with Crippen molar-refractivity contribution in [2.45, 2.75) is 46.0 Å². The Morgan fingerprint density at radius 1 is 1.00 bits per heavy atom. The number of hydrogen-bond donors (Lipinski definition) is 0. The number of methoxy groups -OCH3 is 2. The van der Waals surface area contributed by atoms with Crippen molar-refractivity contribution >= 4 is 8.32 Å². The summed E-state index contributed by atoms with van der Waals surface area (Å²) < 4.78 is 27.9. The van der Waals surface area contributed by atoms with Gasteiger partial charge in [-0.3, -0.25) is 0 Å². The van der Waals surface area contributed by atoms with Crippen molar-refractivity contribution < 1.29 is 23.4 Å². The normalized spacial score (nSPS) is 12.6. The molecular formula is C17H28O5Si. The number of rotatable bonds is 7. The van der Waals surface area contributed by atoms with Crippen LogP contribution in [0.25, 0.3) is 0 Å². The molecule has 0 radical (unpaired) electrons. The molecule has 0 aromatic heterocycles. The molecule has 1 aromatic rings. The third-order valence-corrected chi connectivity index (χ3v) is 3.27. The van der Waals surface area contributed by atoms with Gasteiger partial charge in [0.05, 0.1) is 14.2 Å². The summed E-state index contributed by atoms with van der Waals surface area (Å²) in [6, 6.07) is 5.32. The van der Waals surface area contributed by atoms with Crippen molar-refractivity contribution in [1.29, 1.82) is 0 Å². The highest BCUT2D eigenvalue weighted by Crippen LogP contribution is 2.31. The second kappa shape index (κ2) is 7.63. The van der Waals surface area contributed by atoms with Crippen LogP contribution in [0.2, 0.25) is 19.6 Å². The Bertz CT molecular complexity index is 523. The molecule has 0 N–H and O–H groups in total. The van der Waals surface area contributed by atoms with E-state index in [1.807, 2.05) is 20.8 Å². The molecule has 0 amide bonds. The van der Waals surface area contributed by atoms with Crippen LogP contribution in [-0.2, 0) is 9.16 Å². The first kappa shape index (κ1) is 19.2. The average molecular weight is 340 g/mol. The summed E-state index contributed by atoms with van der Waals surface area (Å²) >= 11 is 0. The molecule has 0 fully saturated rings. The fourth-order valence-electron chi connectivity index (χ4n) is 1.68. The van der Waals surface area contributed by atoms with Crippen LogP contribution in [-0.4, -0.2) is 28.1 Å². The molecule has 0 aliphatic rings. The van der Waals surface area contributed by atoms with E-state index in [4.69, 9.17) is 23.4 Å². The Morgan fingerprint density at radius 3 is 2.09 bits per heavy atom. The summed E-state index contributed by atoms with van der Waals surface area (Å²) in [4.78, 5) is 0. The van der Waals surface area contributed by atoms with Gasteiger partial charge in [-0.25, -0.2) is 0 Å². The highest BCUT2D eigenvalue weighted by Gasteiger charge is 2.23. The second-order valence-electron chi connectivity index (χ2n) is 7.00. The molecule has 1 aromatic carbocycles. The van der Waals surface area contributed by atoms with Gasteiger partial charge >= 0.3 is 5.95 Å². The van der Waals surface area contributed by atoms with E-state index in [0.29, 0.717) is 23.2 Å². The van der Waals surface area contributed by atoms with Crippen LogP contribution in [0.5, 0.6) is 17.2 Å². The molecule has 0 spiro atoms. The van der Waals surface area contributed by atoms with E-state index in [9.17, 15) is 0 Å². The van der Waals surface area contributed by atoms with Crippen molar-refractivity contribution in [3.05, 3.63) is 30.4 Å². The van der Waals surface area contributed by atoms with Crippen molar-refractivity contribution in [2.75, 3.05) is 14.2 Å². The summed E-state index contributed by atoms with van der Waals surface area (Å²) in [5.41, 5.74) is -0.369. The van der Waals surface area contributed by atoms with Gasteiger partial charge < -0.3 is 23.4 Å². The summed E-state index contributed by atoms with van der Waals surface area (Å²) in [7, 11) is 1.37. The van der Waals surface area contributed by atoms with Crippen molar-refractivity contribution in [3.8, 4) is 17.2 Å². The molecule has 0 saturated carbocycles. The summed E-state index contributed by atoms with van der Waals surface area (Å²) in [6.45, 7) is 12.1. The Hall–Kier alpha value is -1.82. The van der Waals surface area contributed by atoms with Crippen LogP contribution < -0.4 is 14.2 Å². The Balaban J connectivity index is 2.95. The molecule has 0 bridgehead atoms. The summed E-state index contributed by atoms with van der Waals surface area (Å²) in [5, 5.41) is 0. The predicted molar refractivity (Wildman–Crippen MR) is 93.5 cm³/mol. The minimum absolute atomic E-state index is 0.369. The largest absolute Gasteiger partial charge is 0.517 e. The van der Waals surface area contributed by atoms with Crippen LogP contribution in [0.1, 0.15) is 20.8 Å². The number of ether oxygens (including phenoxy) is 4. The highest BCUT2D eigenvalue weighted by molar-refractivity contribution is 6.69. The minimum Gasteiger partial charge on any atom is -0.517 e. The fraction of sp³-hybridized carbons (Fsp3) is 0.529. The van der Waals surface area contributed by atoms with Crippen LogP contribution in [0, 0.1) is 0 Å². The lowest BCUT2D eigenvalue weighted by Crippen LogP contribution is -2.29. The first-order valence-electron chi connectivity index (χ1n) is 7.51. The van der Waals surface area contributed by atoms with E-state index in [-0.39, 0.29) is 5.60 Å². The highest BCUT2D eigenvalue weighted by atomic mass is 28.4.